The maximum Gasteiger partial charge on any atom is 0.253 e. The standard InChI is InChI=1S/C15H20ClNO/c1-12-3-2-9-17(10-8-12)15(18)14-6-4-13(11-16)5-7-14/h4-7,12H,2-3,8-11H2,1H3. The molecule has 1 aliphatic rings. The molecule has 0 spiro atoms. The maximum atomic E-state index is 12.4. The zero-order valence-corrected chi connectivity index (χ0v) is 11.6. The van der Waals surface area contributed by atoms with E-state index in [4.69, 9.17) is 11.6 Å². The van der Waals surface area contributed by atoms with Crippen molar-refractivity contribution in [1.82, 2.24) is 4.90 Å². The minimum absolute atomic E-state index is 0.158. The van der Waals surface area contributed by atoms with Crippen LogP contribution in [0.2, 0.25) is 0 Å². The molecule has 1 atom stereocenters. The number of carbonyl (C=O) groups is 1. The van der Waals surface area contributed by atoms with E-state index >= 15 is 0 Å². The number of hydrogen-bond acceptors (Lipinski definition) is 1. The van der Waals surface area contributed by atoms with Crippen LogP contribution in [0, 0.1) is 5.92 Å². The summed E-state index contributed by atoms with van der Waals surface area (Å²) in [4.78, 5) is 14.3. The Balaban J connectivity index is 2.05. The number of benzene rings is 1. The van der Waals surface area contributed by atoms with E-state index in [2.05, 4.69) is 6.92 Å². The van der Waals surface area contributed by atoms with Crippen molar-refractivity contribution in [3.63, 3.8) is 0 Å². The van der Waals surface area contributed by atoms with Gasteiger partial charge in [-0.1, -0.05) is 19.1 Å². The molecule has 0 bridgehead atoms. The number of halogens is 1. The van der Waals surface area contributed by atoms with E-state index < -0.39 is 0 Å². The molecule has 18 heavy (non-hydrogen) atoms. The fourth-order valence-corrected chi connectivity index (χ4v) is 2.56. The molecule has 2 rings (SSSR count). The molecule has 1 fully saturated rings. The third-order valence-corrected chi connectivity index (χ3v) is 3.97. The molecule has 1 saturated heterocycles. The lowest BCUT2D eigenvalue weighted by Crippen LogP contribution is -2.31. The van der Waals surface area contributed by atoms with Crippen molar-refractivity contribution >= 4 is 17.5 Å². The summed E-state index contributed by atoms with van der Waals surface area (Å²) in [7, 11) is 0. The van der Waals surface area contributed by atoms with E-state index in [-0.39, 0.29) is 5.91 Å². The second-order valence-corrected chi connectivity index (χ2v) is 5.43. The van der Waals surface area contributed by atoms with E-state index in [1.54, 1.807) is 0 Å². The molecule has 0 aliphatic carbocycles. The smallest absolute Gasteiger partial charge is 0.253 e. The molecule has 2 nitrogen and oxygen atoms in total. The van der Waals surface area contributed by atoms with Gasteiger partial charge in [-0.3, -0.25) is 4.79 Å². The van der Waals surface area contributed by atoms with Gasteiger partial charge in [0.25, 0.3) is 5.91 Å². The van der Waals surface area contributed by atoms with Crippen molar-refractivity contribution in [3.05, 3.63) is 35.4 Å². The lowest BCUT2D eigenvalue weighted by atomic mass is 10.0. The molecule has 1 aliphatic heterocycles. The minimum atomic E-state index is 0.158. The van der Waals surface area contributed by atoms with Crippen molar-refractivity contribution in [2.75, 3.05) is 13.1 Å². The zero-order valence-electron chi connectivity index (χ0n) is 10.9. The number of carbonyl (C=O) groups excluding carboxylic acids is 1. The zero-order chi connectivity index (χ0) is 13.0. The van der Waals surface area contributed by atoms with E-state index in [0.29, 0.717) is 5.88 Å². The minimum Gasteiger partial charge on any atom is -0.339 e. The van der Waals surface area contributed by atoms with Crippen LogP contribution < -0.4 is 0 Å². The van der Waals surface area contributed by atoms with Gasteiger partial charge in [0.05, 0.1) is 0 Å². The summed E-state index contributed by atoms with van der Waals surface area (Å²) in [6.07, 6.45) is 3.47. The molecular formula is C15H20ClNO. The van der Waals surface area contributed by atoms with Gasteiger partial charge in [0.1, 0.15) is 0 Å². The lowest BCUT2D eigenvalue weighted by molar-refractivity contribution is 0.0760. The number of hydrogen-bond donors (Lipinski definition) is 0. The Morgan fingerprint density at radius 1 is 1.28 bits per heavy atom. The van der Waals surface area contributed by atoms with Crippen LogP contribution in [-0.4, -0.2) is 23.9 Å². The van der Waals surface area contributed by atoms with E-state index in [9.17, 15) is 4.79 Å². The van der Waals surface area contributed by atoms with Crippen LogP contribution in [0.1, 0.15) is 42.1 Å². The average molecular weight is 266 g/mol. The molecule has 3 heteroatoms. The Morgan fingerprint density at radius 3 is 2.67 bits per heavy atom. The summed E-state index contributed by atoms with van der Waals surface area (Å²) in [6, 6.07) is 7.63. The first kappa shape index (κ1) is 13.4. The Labute approximate surface area is 114 Å². The second kappa shape index (κ2) is 6.24. The van der Waals surface area contributed by atoms with E-state index in [0.717, 1.165) is 43.0 Å². The second-order valence-electron chi connectivity index (χ2n) is 5.16. The molecule has 0 radical (unpaired) electrons. The van der Waals surface area contributed by atoms with Crippen molar-refractivity contribution in [1.29, 1.82) is 0 Å². The number of alkyl halides is 1. The largest absolute Gasteiger partial charge is 0.339 e. The first-order valence-corrected chi connectivity index (χ1v) is 7.18. The third kappa shape index (κ3) is 3.26. The highest BCUT2D eigenvalue weighted by atomic mass is 35.5. The summed E-state index contributed by atoms with van der Waals surface area (Å²) in [5, 5.41) is 0. The monoisotopic (exact) mass is 265 g/mol. The van der Waals surface area contributed by atoms with Gasteiger partial charge in [0.2, 0.25) is 0 Å². The molecule has 1 unspecified atom stereocenters. The Kier molecular flexibility index (Phi) is 4.65. The van der Waals surface area contributed by atoms with Gasteiger partial charge < -0.3 is 4.90 Å². The van der Waals surface area contributed by atoms with Gasteiger partial charge in [-0.2, -0.15) is 0 Å². The Bertz CT molecular complexity index is 401. The molecule has 1 aromatic carbocycles. The maximum absolute atomic E-state index is 12.4. The van der Waals surface area contributed by atoms with Crippen molar-refractivity contribution in [2.24, 2.45) is 5.92 Å². The average Bonchev–Trinajstić information content (AvgIpc) is 2.63. The van der Waals surface area contributed by atoms with Gasteiger partial charge >= 0.3 is 0 Å². The van der Waals surface area contributed by atoms with Crippen molar-refractivity contribution < 1.29 is 4.79 Å². The number of nitrogens with zero attached hydrogens (tertiary/aromatic N) is 1. The van der Waals surface area contributed by atoms with E-state index in [1.807, 2.05) is 29.2 Å². The molecular weight excluding hydrogens is 246 g/mol. The van der Waals surface area contributed by atoms with Crippen LogP contribution in [0.4, 0.5) is 0 Å². The van der Waals surface area contributed by atoms with Gasteiger partial charge in [-0.25, -0.2) is 0 Å². The predicted octanol–water partition coefficient (Wildman–Crippen LogP) is 3.69. The van der Waals surface area contributed by atoms with Gasteiger partial charge in [0.15, 0.2) is 0 Å². The van der Waals surface area contributed by atoms with E-state index in [1.165, 1.54) is 6.42 Å². The predicted molar refractivity (Wildman–Crippen MR) is 74.9 cm³/mol. The van der Waals surface area contributed by atoms with Crippen molar-refractivity contribution in [2.45, 2.75) is 32.1 Å². The first-order valence-electron chi connectivity index (χ1n) is 6.65. The summed E-state index contributed by atoms with van der Waals surface area (Å²) in [5.41, 5.74) is 1.83. The van der Waals surface area contributed by atoms with Gasteiger partial charge in [0, 0.05) is 24.5 Å². The number of likely N-dealkylation sites (tertiary alicyclic amines) is 1. The quantitative estimate of drug-likeness (QED) is 0.747. The highest BCUT2D eigenvalue weighted by Gasteiger charge is 2.19. The van der Waals surface area contributed by atoms with Gasteiger partial charge in [-0.05, 0) is 42.9 Å². The molecule has 98 valence electrons. The molecule has 0 aromatic heterocycles. The molecule has 0 N–H and O–H groups in total. The van der Waals surface area contributed by atoms with Crippen LogP contribution in [0.15, 0.2) is 24.3 Å². The van der Waals surface area contributed by atoms with Crippen LogP contribution in [-0.2, 0) is 5.88 Å². The highest BCUT2D eigenvalue weighted by molar-refractivity contribution is 6.17. The number of amides is 1. The summed E-state index contributed by atoms with van der Waals surface area (Å²) in [5.74, 6) is 1.39. The normalized spacial score (nSPS) is 20.6. The third-order valence-electron chi connectivity index (χ3n) is 3.66. The van der Waals surface area contributed by atoms with Crippen molar-refractivity contribution in [3.8, 4) is 0 Å². The molecule has 1 aromatic rings. The van der Waals surface area contributed by atoms with Crippen LogP contribution >= 0.6 is 11.6 Å². The van der Waals surface area contributed by atoms with Crippen LogP contribution in [0.5, 0.6) is 0 Å². The topological polar surface area (TPSA) is 20.3 Å². The van der Waals surface area contributed by atoms with Crippen LogP contribution in [0.25, 0.3) is 0 Å². The Morgan fingerprint density at radius 2 is 2.00 bits per heavy atom. The summed E-state index contributed by atoms with van der Waals surface area (Å²) < 4.78 is 0. The van der Waals surface area contributed by atoms with Gasteiger partial charge in [-0.15, -0.1) is 11.6 Å². The molecule has 0 saturated carbocycles. The highest BCUT2D eigenvalue weighted by Crippen LogP contribution is 2.18. The Hall–Kier alpha value is -1.02. The lowest BCUT2D eigenvalue weighted by Gasteiger charge is -2.20. The number of rotatable bonds is 2. The summed E-state index contributed by atoms with van der Waals surface area (Å²) in [6.45, 7) is 4.04. The fraction of sp³-hybridized carbons (Fsp3) is 0.533. The molecule has 1 heterocycles. The van der Waals surface area contributed by atoms with Crippen LogP contribution in [0.3, 0.4) is 0 Å². The SMILES string of the molecule is CC1CCCN(C(=O)c2ccc(CCl)cc2)CC1. The summed E-state index contributed by atoms with van der Waals surface area (Å²) >= 11 is 5.75. The first-order chi connectivity index (χ1) is 8.70. The molecule has 1 amide bonds. The fourth-order valence-electron chi connectivity index (χ4n) is 2.39.